The average Bonchev–Trinajstić information content (AvgIpc) is 2.33. The van der Waals surface area contributed by atoms with E-state index in [-0.39, 0.29) is 0 Å². The standard InChI is InChI=1S/C12H7ClN2S/c13-11-2-1-7-15-12(11)16-10-5-3-9(8-14)4-6-10/h1-7H. The molecule has 0 amide bonds. The summed E-state index contributed by atoms with van der Waals surface area (Å²) in [5, 5.41) is 10.1. The van der Waals surface area contributed by atoms with Gasteiger partial charge in [-0.05, 0) is 36.4 Å². The minimum absolute atomic E-state index is 0.636. The van der Waals surface area contributed by atoms with Crippen LogP contribution in [0.1, 0.15) is 5.56 Å². The summed E-state index contributed by atoms with van der Waals surface area (Å²) in [6, 6.07) is 13.0. The fourth-order valence-electron chi connectivity index (χ4n) is 1.16. The molecule has 0 aliphatic heterocycles. The zero-order valence-corrected chi connectivity index (χ0v) is 9.79. The molecule has 0 aliphatic rings. The third-order valence-corrected chi connectivity index (χ3v) is 3.37. The van der Waals surface area contributed by atoms with Crippen LogP contribution in [0.15, 0.2) is 52.5 Å². The minimum atomic E-state index is 0.636. The first-order valence-electron chi connectivity index (χ1n) is 4.58. The lowest BCUT2D eigenvalue weighted by Crippen LogP contribution is -1.80. The third kappa shape index (κ3) is 2.54. The monoisotopic (exact) mass is 246 g/mol. The number of pyridine rings is 1. The van der Waals surface area contributed by atoms with Crippen molar-refractivity contribution >= 4 is 23.4 Å². The van der Waals surface area contributed by atoms with Gasteiger partial charge < -0.3 is 0 Å². The van der Waals surface area contributed by atoms with Crippen molar-refractivity contribution in [2.75, 3.05) is 0 Å². The van der Waals surface area contributed by atoms with Crippen molar-refractivity contribution in [3.05, 3.63) is 53.2 Å². The predicted molar refractivity (Wildman–Crippen MR) is 64.5 cm³/mol. The van der Waals surface area contributed by atoms with Gasteiger partial charge in [-0.25, -0.2) is 4.98 Å². The van der Waals surface area contributed by atoms with Gasteiger partial charge in [0.2, 0.25) is 0 Å². The number of aromatic nitrogens is 1. The Bertz CT molecular complexity index is 531. The summed E-state index contributed by atoms with van der Waals surface area (Å²) in [4.78, 5) is 5.20. The molecule has 0 saturated heterocycles. The second kappa shape index (κ2) is 5.02. The lowest BCUT2D eigenvalue weighted by Gasteiger charge is -2.02. The van der Waals surface area contributed by atoms with Crippen LogP contribution in [0.4, 0.5) is 0 Å². The van der Waals surface area contributed by atoms with Crippen molar-refractivity contribution in [1.82, 2.24) is 4.98 Å². The number of nitrogens with zero attached hydrogens (tertiary/aromatic N) is 2. The van der Waals surface area contributed by atoms with Crippen LogP contribution in [0.2, 0.25) is 5.02 Å². The molecule has 0 saturated carbocycles. The molecule has 4 heteroatoms. The maximum absolute atomic E-state index is 8.67. The molecule has 0 fully saturated rings. The van der Waals surface area contributed by atoms with E-state index in [4.69, 9.17) is 16.9 Å². The topological polar surface area (TPSA) is 36.7 Å². The summed E-state index contributed by atoms with van der Waals surface area (Å²) in [5.41, 5.74) is 0.650. The first-order valence-corrected chi connectivity index (χ1v) is 5.77. The predicted octanol–water partition coefficient (Wildman–Crippen LogP) is 3.76. The van der Waals surface area contributed by atoms with Crippen LogP contribution in [0.5, 0.6) is 0 Å². The molecule has 0 atom stereocenters. The normalized spacial score (nSPS) is 9.75. The summed E-state index contributed by atoms with van der Waals surface area (Å²) >= 11 is 7.48. The Kier molecular flexibility index (Phi) is 3.45. The number of hydrogen-bond acceptors (Lipinski definition) is 3. The third-order valence-electron chi connectivity index (χ3n) is 1.92. The van der Waals surface area contributed by atoms with Gasteiger partial charge in [0.15, 0.2) is 0 Å². The summed E-state index contributed by atoms with van der Waals surface area (Å²) in [5.74, 6) is 0. The van der Waals surface area contributed by atoms with Crippen LogP contribution in [0.25, 0.3) is 0 Å². The minimum Gasteiger partial charge on any atom is -0.248 e. The highest BCUT2D eigenvalue weighted by Gasteiger charge is 2.03. The average molecular weight is 247 g/mol. The lowest BCUT2D eigenvalue weighted by molar-refractivity contribution is 1.13. The van der Waals surface area contributed by atoms with Gasteiger partial charge in [0.25, 0.3) is 0 Å². The Morgan fingerprint density at radius 2 is 1.94 bits per heavy atom. The van der Waals surface area contributed by atoms with Gasteiger partial charge in [0.05, 0.1) is 16.7 Å². The largest absolute Gasteiger partial charge is 0.248 e. The van der Waals surface area contributed by atoms with Crippen molar-refractivity contribution in [3.63, 3.8) is 0 Å². The van der Waals surface area contributed by atoms with E-state index in [0.29, 0.717) is 10.6 Å². The van der Waals surface area contributed by atoms with Crippen molar-refractivity contribution in [3.8, 4) is 6.07 Å². The quantitative estimate of drug-likeness (QED) is 0.810. The zero-order valence-electron chi connectivity index (χ0n) is 8.22. The second-order valence-electron chi connectivity index (χ2n) is 3.03. The van der Waals surface area contributed by atoms with Crippen molar-refractivity contribution < 1.29 is 0 Å². The molecule has 1 aromatic carbocycles. The molecular weight excluding hydrogens is 240 g/mol. The zero-order chi connectivity index (χ0) is 11.4. The van der Waals surface area contributed by atoms with Gasteiger partial charge in [-0.1, -0.05) is 23.4 Å². The molecule has 0 unspecified atom stereocenters. The van der Waals surface area contributed by atoms with Gasteiger partial charge >= 0.3 is 0 Å². The van der Waals surface area contributed by atoms with Gasteiger partial charge in [0, 0.05) is 11.1 Å². The van der Waals surface area contributed by atoms with Crippen LogP contribution < -0.4 is 0 Å². The molecule has 0 radical (unpaired) electrons. The molecule has 1 aromatic heterocycles. The second-order valence-corrected chi connectivity index (χ2v) is 4.50. The van der Waals surface area contributed by atoms with Crippen molar-refractivity contribution in [1.29, 1.82) is 5.26 Å². The summed E-state index contributed by atoms with van der Waals surface area (Å²) < 4.78 is 0. The van der Waals surface area contributed by atoms with E-state index in [2.05, 4.69) is 11.1 Å². The van der Waals surface area contributed by atoms with E-state index in [1.165, 1.54) is 11.8 Å². The maximum Gasteiger partial charge on any atom is 0.119 e. The molecule has 0 spiro atoms. The molecule has 16 heavy (non-hydrogen) atoms. The Labute approximate surface area is 103 Å². The van der Waals surface area contributed by atoms with Crippen LogP contribution >= 0.6 is 23.4 Å². The molecule has 1 heterocycles. The highest BCUT2D eigenvalue weighted by Crippen LogP contribution is 2.30. The van der Waals surface area contributed by atoms with E-state index in [1.54, 1.807) is 30.5 Å². The van der Waals surface area contributed by atoms with Gasteiger partial charge in [0.1, 0.15) is 5.03 Å². The smallest absolute Gasteiger partial charge is 0.119 e. The molecule has 2 aromatic rings. The molecule has 0 bridgehead atoms. The molecular formula is C12H7ClN2S. The highest BCUT2D eigenvalue weighted by molar-refractivity contribution is 7.99. The van der Waals surface area contributed by atoms with Crippen LogP contribution in [0.3, 0.4) is 0 Å². The molecule has 2 rings (SSSR count). The fourth-order valence-corrected chi connectivity index (χ4v) is 2.17. The van der Waals surface area contributed by atoms with Crippen LogP contribution in [-0.4, -0.2) is 4.98 Å². The summed E-state index contributed by atoms with van der Waals surface area (Å²) in [7, 11) is 0. The fraction of sp³-hybridized carbons (Fsp3) is 0. The first kappa shape index (κ1) is 11.0. The summed E-state index contributed by atoms with van der Waals surface area (Å²) in [6.45, 7) is 0. The first-order chi connectivity index (χ1) is 7.79. The molecule has 78 valence electrons. The Balaban J connectivity index is 2.22. The molecule has 2 nitrogen and oxygen atoms in total. The van der Waals surface area contributed by atoms with Crippen LogP contribution in [-0.2, 0) is 0 Å². The van der Waals surface area contributed by atoms with E-state index in [9.17, 15) is 0 Å². The maximum atomic E-state index is 8.67. The van der Waals surface area contributed by atoms with Crippen LogP contribution in [0, 0.1) is 11.3 Å². The number of benzene rings is 1. The Morgan fingerprint density at radius 1 is 1.19 bits per heavy atom. The van der Waals surface area contributed by atoms with Gasteiger partial charge in [-0.15, -0.1) is 0 Å². The highest BCUT2D eigenvalue weighted by atomic mass is 35.5. The SMILES string of the molecule is N#Cc1ccc(Sc2ncccc2Cl)cc1. The van der Waals surface area contributed by atoms with Gasteiger partial charge in [-0.3, -0.25) is 0 Å². The van der Waals surface area contributed by atoms with E-state index in [1.807, 2.05) is 12.1 Å². The molecule has 0 N–H and O–H groups in total. The van der Waals surface area contributed by atoms with E-state index in [0.717, 1.165) is 9.92 Å². The van der Waals surface area contributed by atoms with E-state index < -0.39 is 0 Å². The van der Waals surface area contributed by atoms with E-state index >= 15 is 0 Å². The summed E-state index contributed by atoms with van der Waals surface area (Å²) in [6.07, 6.45) is 1.71. The Morgan fingerprint density at radius 3 is 2.56 bits per heavy atom. The number of hydrogen-bond donors (Lipinski definition) is 0. The number of nitriles is 1. The number of halogens is 1. The Hall–Kier alpha value is -1.50. The van der Waals surface area contributed by atoms with Crippen molar-refractivity contribution in [2.45, 2.75) is 9.92 Å². The molecule has 0 aliphatic carbocycles. The lowest BCUT2D eigenvalue weighted by atomic mass is 10.2. The number of rotatable bonds is 2. The van der Waals surface area contributed by atoms with Crippen molar-refractivity contribution in [2.24, 2.45) is 0 Å². The van der Waals surface area contributed by atoms with Gasteiger partial charge in [-0.2, -0.15) is 5.26 Å².